The van der Waals surface area contributed by atoms with Crippen LogP contribution < -0.4 is 0 Å². The second-order valence-corrected chi connectivity index (χ2v) is 5.88. The van der Waals surface area contributed by atoms with E-state index in [0.29, 0.717) is 12.0 Å². The molecule has 1 aromatic rings. The number of rotatable bonds is 6. The molecule has 106 valence electrons. The van der Waals surface area contributed by atoms with Crippen molar-refractivity contribution < 1.29 is 15.0 Å². The molecule has 0 saturated heterocycles. The maximum absolute atomic E-state index is 11.1. The summed E-state index contributed by atoms with van der Waals surface area (Å²) in [7, 11) is 4.02. The van der Waals surface area contributed by atoms with Crippen LogP contribution in [0.2, 0.25) is 0 Å². The first-order chi connectivity index (χ1) is 8.72. The third kappa shape index (κ3) is 4.56. The molecule has 0 aliphatic rings. The molecule has 4 heteroatoms. The molecule has 0 radical (unpaired) electrons. The predicted molar refractivity (Wildman–Crippen MR) is 75.5 cm³/mol. The second kappa shape index (κ2) is 6.06. The van der Waals surface area contributed by atoms with Crippen LogP contribution in [-0.2, 0) is 17.6 Å². The van der Waals surface area contributed by atoms with Gasteiger partial charge in [0, 0.05) is 6.54 Å². The number of hydrogen-bond acceptors (Lipinski definition) is 3. The van der Waals surface area contributed by atoms with Gasteiger partial charge in [0.25, 0.3) is 0 Å². The van der Waals surface area contributed by atoms with E-state index in [0.717, 1.165) is 18.5 Å². The van der Waals surface area contributed by atoms with Crippen LogP contribution in [0.15, 0.2) is 18.2 Å². The number of aromatic hydroxyl groups is 1. The average molecular weight is 265 g/mol. The van der Waals surface area contributed by atoms with E-state index in [-0.39, 0.29) is 5.75 Å². The van der Waals surface area contributed by atoms with Crippen molar-refractivity contribution >= 4 is 5.97 Å². The zero-order chi connectivity index (χ0) is 14.6. The zero-order valence-corrected chi connectivity index (χ0v) is 12.1. The fourth-order valence-corrected chi connectivity index (χ4v) is 1.84. The minimum absolute atomic E-state index is 0.169. The maximum Gasteiger partial charge on any atom is 0.309 e. The lowest BCUT2D eigenvalue weighted by atomic mass is 9.85. The Hall–Kier alpha value is -1.55. The van der Waals surface area contributed by atoms with Gasteiger partial charge in [0.05, 0.1) is 5.41 Å². The molecule has 0 aliphatic heterocycles. The van der Waals surface area contributed by atoms with Crippen molar-refractivity contribution in [2.75, 3.05) is 20.6 Å². The fraction of sp³-hybridized carbons (Fsp3) is 0.533. The Morgan fingerprint density at radius 2 is 1.95 bits per heavy atom. The number of hydrogen-bond donors (Lipinski definition) is 2. The lowest BCUT2D eigenvalue weighted by molar-refractivity contribution is -0.146. The molecule has 2 N–H and O–H groups in total. The molecule has 0 heterocycles. The number of aliphatic carboxylic acids is 1. The first kappa shape index (κ1) is 15.5. The van der Waals surface area contributed by atoms with Crippen LogP contribution in [0.25, 0.3) is 0 Å². The van der Waals surface area contributed by atoms with Crippen molar-refractivity contribution in [3.05, 3.63) is 29.3 Å². The highest BCUT2D eigenvalue weighted by molar-refractivity contribution is 5.74. The summed E-state index contributed by atoms with van der Waals surface area (Å²) in [6.07, 6.45) is 1.21. The normalized spacial score (nSPS) is 11.8. The van der Waals surface area contributed by atoms with Gasteiger partial charge < -0.3 is 15.1 Å². The van der Waals surface area contributed by atoms with Crippen LogP contribution in [0.1, 0.15) is 25.0 Å². The molecule has 0 atom stereocenters. The first-order valence-corrected chi connectivity index (χ1v) is 6.41. The van der Waals surface area contributed by atoms with Gasteiger partial charge in [-0.3, -0.25) is 4.79 Å². The quantitative estimate of drug-likeness (QED) is 0.827. The van der Waals surface area contributed by atoms with Crippen molar-refractivity contribution in [1.82, 2.24) is 4.90 Å². The zero-order valence-electron chi connectivity index (χ0n) is 12.1. The van der Waals surface area contributed by atoms with Gasteiger partial charge in [-0.1, -0.05) is 12.1 Å². The number of phenols is 1. The van der Waals surface area contributed by atoms with Crippen LogP contribution in [0.5, 0.6) is 5.75 Å². The van der Waals surface area contributed by atoms with Gasteiger partial charge in [0.1, 0.15) is 5.75 Å². The van der Waals surface area contributed by atoms with E-state index in [2.05, 4.69) is 4.90 Å². The van der Waals surface area contributed by atoms with Gasteiger partial charge in [-0.25, -0.2) is 0 Å². The maximum atomic E-state index is 11.1. The van der Waals surface area contributed by atoms with Gasteiger partial charge in [0.15, 0.2) is 0 Å². The van der Waals surface area contributed by atoms with Gasteiger partial charge in [0.2, 0.25) is 0 Å². The number of carboxylic acids is 1. The summed E-state index contributed by atoms with van der Waals surface area (Å²) in [5.74, 6) is -0.687. The minimum Gasteiger partial charge on any atom is -0.508 e. The molecule has 0 aromatic heterocycles. The molecule has 1 aromatic carbocycles. The highest BCUT2D eigenvalue weighted by Crippen LogP contribution is 2.28. The van der Waals surface area contributed by atoms with Crippen LogP contribution in [0.4, 0.5) is 0 Å². The van der Waals surface area contributed by atoms with Crippen molar-refractivity contribution in [3.63, 3.8) is 0 Å². The predicted octanol–water partition coefficient (Wildman–Crippen LogP) is 2.15. The number of phenolic OH excluding ortho intramolecular Hbond substituents is 1. The Morgan fingerprint density at radius 3 is 2.47 bits per heavy atom. The Balaban J connectivity index is 2.88. The van der Waals surface area contributed by atoms with Gasteiger partial charge in [-0.2, -0.15) is 0 Å². The van der Waals surface area contributed by atoms with Crippen LogP contribution in [0, 0.1) is 5.41 Å². The van der Waals surface area contributed by atoms with E-state index in [1.807, 2.05) is 26.2 Å². The molecule has 4 nitrogen and oxygen atoms in total. The monoisotopic (exact) mass is 265 g/mol. The molecular weight excluding hydrogens is 242 g/mol. The van der Waals surface area contributed by atoms with E-state index in [4.69, 9.17) is 5.11 Å². The summed E-state index contributed by atoms with van der Waals surface area (Å²) >= 11 is 0. The van der Waals surface area contributed by atoms with Gasteiger partial charge >= 0.3 is 5.97 Å². The highest BCUT2D eigenvalue weighted by atomic mass is 16.4. The molecular formula is C15H23NO3. The summed E-state index contributed by atoms with van der Waals surface area (Å²) in [6.45, 7) is 4.26. The van der Waals surface area contributed by atoms with E-state index in [1.165, 1.54) is 0 Å². The van der Waals surface area contributed by atoms with Crippen molar-refractivity contribution in [2.24, 2.45) is 5.41 Å². The first-order valence-electron chi connectivity index (χ1n) is 6.41. The van der Waals surface area contributed by atoms with E-state index < -0.39 is 11.4 Å². The van der Waals surface area contributed by atoms with Gasteiger partial charge in [-0.15, -0.1) is 0 Å². The summed E-state index contributed by atoms with van der Waals surface area (Å²) < 4.78 is 0. The van der Waals surface area contributed by atoms with Crippen molar-refractivity contribution in [1.29, 1.82) is 0 Å². The fourth-order valence-electron chi connectivity index (χ4n) is 1.84. The second-order valence-electron chi connectivity index (χ2n) is 5.88. The van der Waals surface area contributed by atoms with Gasteiger partial charge in [-0.05, 0) is 58.0 Å². The SMILES string of the molecule is CN(C)CCc1ccc(O)c(CC(C)(C)C(=O)O)c1. The van der Waals surface area contributed by atoms with E-state index >= 15 is 0 Å². The largest absolute Gasteiger partial charge is 0.508 e. The summed E-state index contributed by atoms with van der Waals surface area (Å²) in [5, 5.41) is 19.0. The van der Waals surface area contributed by atoms with Crippen LogP contribution in [-0.4, -0.2) is 41.7 Å². The Bertz CT molecular complexity index is 453. The minimum atomic E-state index is -0.877. The van der Waals surface area contributed by atoms with Crippen LogP contribution in [0.3, 0.4) is 0 Å². The molecule has 0 unspecified atom stereocenters. The van der Waals surface area contributed by atoms with E-state index in [9.17, 15) is 9.90 Å². The third-order valence-electron chi connectivity index (χ3n) is 3.20. The topological polar surface area (TPSA) is 60.8 Å². The average Bonchev–Trinajstić information content (AvgIpc) is 2.29. The molecule has 1 rings (SSSR count). The third-order valence-corrected chi connectivity index (χ3v) is 3.20. The molecule has 19 heavy (non-hydrogen) atoms. The molecule has 0 saturated carbocycles. The van der Waals surface area contributed by atoms with Crippen molar-refractivity contribution in [3.8, 4) is 5.75 Å². The molecule has 0 fully saturated rings. The summed E-state index contributed by atoms with van der Waals surface area (Å²) in [5.41, 5.74) is 0.934. The summed E-state index contributed by atoms with van der Waals surface area (Å²) in [6, 6.07) is 5.44. The summed E-state index contributed by atoms with van der Waals surface area (Å²) in [4.78, 5) is 13.2. The number of likely N-dealkylation sites (N-methyl/N-ethyl adjacent to an activating group) is 1. The number of nitrogens with zero attached hydrogens (tertiary/aromatic N) is 1. The standard InChI is InChI=1S/C15H23NO3/c1-15(2,14(18)19)10-12-9-11(5-6-13(12)17)7-8-16(3)4/h5-6,9,17H,7-8,10H2,1-4H3,(H,18,19). The Kier molecular flexibility index (Phi) is 4.95. The number of benzene rings is 1. The molecule has 0 amide bonds. The van der Waals surface area contributed by atoms with E-state index in [1.54, 1.807) is 19.9 Å². The number of carboxylic acid groups (broad SMARTS) is 1. The Labute approximate surface area is 114 Å². The molecule has 0 bridgehead atoms. The Morgan fingerprint density at radius 1 is 1.32 bits per heavy atom. The molecule has 0 spiro atoms. The number of carbonyl (C=O) groups is 1. The van der Waals surface area contributed by atoms with Crippen molar-refractivity contribution in [2.45, 2.75) is 26.7 Å². The molecule has 0 aliphatic carbocycles. The lowest BCUT2D eigenvalue weighted by Gasteiger charge is -2.20. The lowest BCUT2D eigenvalue weighted by Crippen LogP contribution is -2.26. The smallest absolute Gasteiger partial charge is 0.309 e. The highest BCUT2D eigenvalue weighted by Gasteiger charge is 2.28. The van der Waals surface area contributed by atoms with Crippen LogP contribution >= 0.6 is 0 Å².